The summed E-state index contributed by atoms with van der Waals surface area (Å²) in [6, 6.07) is 20.6. The number of benzene rings is 2. The molecule has 31 heavy (non-hydrogen) atoms. The Morgan fingerprint density at radius 1 is 1.13 bits per heavy atom. The highest BCUT2D eigenvalue weighted by atomic mass is 16.2. The number of hydrogen-bond acceptors (Lipinski definition) is 3. The number of carbonyl (C=O) groups is 1. The molecule has 4 aromatic rings. The summed E-state index contributed by atoms with van der Waals surface area (Å²) < 4.78 is 2.31. The molecule has 0 radical (unpaired) electrons. The lowest BCUT2D eigenvalue weighted by Crippen LogP contribution is -2.29. The number of hydrogen-bond donors (Lipinski definition) is 0. The van der Waals surface area contributed by atoms with Crippen LogP contribution in [-0.4, -0.2) is 26.9 Å². The van der Waals surface area contributed by atoms with E-state index in [1.165, 1.54) is 21.8 Å². The number of aryl methyl sites for hydroxylation is 1. The van der Waals surface area contributed by atoms with Crippen LogP contribution in [0.1, 0.15) is 24.5 Å². The van der Waals surface area contributed by atoms with E-state index in [0.29, 0.717) is 19.5 Å². The van der Waals surface area contributed by atoms with E-state index in [-0.39, 0.29) is 5.91 Å². The molecule has 0 saturated heterocycles. The predicted molar refractivity (Wildman–Crippen MR) is 124 cm³/mol. The van der Waals surface area contributed by atoms with Crippen LogP contribution in [0.5, 0.6) is 0 Å². The second kappa shape index (κ2) is 9.27. The van der Waals surface area contributed by atoms with Gasteiger partial charge in [-0.3, -0.25) is 9.78 Å². The molecule has 0 spiro atoms. The van der Waals surface area contributed by atoms with Crippen LogP contribution in [0.25, 0.3) is 27.9 Å². The second-order valence-corrected chi connectivity index (χ2v) is 7.40. The topological polar surface area (TPSA) is 61.9 Å². The Hall–Kier alpha value is -3.91. The maximum Gasteiger partial charge on any atom is 0.246 e. The molecule has 0 aliphatic carbocycles. The molecule has 2 heterocycles. The number of aromatic nitrogens is 2. The first kappa shape index (κ1) is 20.4. The summed E-state index contributed by atoms with van der Waals surface area (Å²) in [5.41, 5.74) is 4.33. The number of nitrogens with zero attached hydrogens (tertiary/aromatic N) is 4. The number of amides is 1. The molecule has 1 amide bonds. The van der Waals surface area contributed by atoms with Crippen molar-refractivity contribution in [3.63, 3.8) is 0 Å². The quantitative estimate of drug-likeness (QED) is 0.397. The van der Waals surface area contributed by atoms with Crippen LogP contribution in [0.2, 0.25) is 0 Å². The minimum atomic E-state index is -0.116. The molecule has 0 unspecified atom stereocenters. The largest absolute Gasteiger partial charge is 0.341 e. The Bertz CT molecular complexity index is 1280. The van der Waals surface area contributed by atoms with Gasteiger partial charge in [-0.2, -0.15) is 5.26 Å². The van der Waals surface area contributed by atoms with Crippen LogP contribution in [0.15, 0.2) is 73.1 Å². The Balaban J connectivity index is 1.60. The van der Waals surface area contributed by atoms with E-state index in [1.807, 2.05) is 24.3 Å². The number of rotatable bonds is 7. The average molecular weight is 409 g/mol. The molecule has 154 valence electrons. The van der Waals surface area contributed by atoms with Gasteiger partial charge < -0.3 is 9.47 Å². The van der Waals surface area contributed by atoms with Gasteiger partial charge in [0.15, 0.2) is 0 Å². The van der Waals surface area contributed by atoms with E-state index in [9.17, 15) is 4.79 Å². The highest BCUT2D eigenvalue weighted by molar-refractivity contribution is 6.08. The molecule has 5 nitrogen and oxygen atoms in total. The molecular formula is C26H24N4O. The number of carbonyl (C=O) groups excluding carboxylic acids is 1. The van der Waals surface area contributed by atoms with Crippen molar-refractivity contribution in [2.75, 3.05) is 6.54 Å². The first-order valence-corrected chi connectivity index (χ1v) is 10.4. The Morgan fingerprint density at radius 3 is 2.74 bits per heavy atom. The fourth-order valence-corrected chi connectivity index (χ4v) is 3.95. The maximum atomic E-state index is 12.9. The summed E-state index contributed by atoms with van der Waals surface area (Å²) in [6.07, 6.45) is 7.18. The normalized spacial score (nSPS) is 11.2. The van der Waals surface area contributed by atoms with Crippen molar-refractivity contribution in [2.24, 2.45) is 0 Å². The van der Waals surface area contributed by atoms with Crippen molar-refractivity contribution in [3.8, 4) is 6.07 Å². The summed E-state index contributed by atoms with van der Waals surface area (Å²) in [5.74, 6) is -0.116. The van der Waals surface area contributed by atoms with Gasteiger partial charge in [-0.15, -0.1) is 0 Å². The van der Waals surface area contributed by atoms with Gasteiger partial charge >= 0.3 is 0 Å². The van der Waals surface area contributed by atoms with E-state index < -0.39 is 0 Å². The van der Waals surface area contributed by atoms with Crippen LogP contribution in [-0.2, 0) is 17.9 Å². The summed E-state index contributed by atoms with van der Waals surface area (Å²) in [5, 5.41) is 11.4. The lowest BCUT2D eigenvalue weighted by Gasteiger charge is -2.19. The van der Waals surface area contributed by atoms with Gasteiger partial charge in [0, 0.05) is 59.9 Å². The van der Waals surface area contributed by atoms with Crippen LogP contribution < -0.4 is 0 Å². The van der Waals surface area contributed by atoms with E-state index >= 15 is 0 Å². The Labute approximate surface area is 181 Å². The third kappa shape index (κ3) is 4.34. The van der Waals surface area contributed by atoms with Gasteiger partial charge in [0.2, 0.25) is 5.91 Å². The minimum absolute atomic E-state index is 0.116. The lowest BCUT2D eigenvalue weighted by atomic mass is 10.1. The number of fused-ring (bicyclic) bond motifs is 3. The predicted octanol–water partition coefficient (Wildman–Crippen LogP) is 5.17. The van der Waals surface area contributed by atoms with Gasteiger partial charge in [-0.25, -0.2) is 0 Å². The highest BCUT2D eigenvalue weighted by Crippen LogP contribution is 2.30. The molecular weight excluding hydrogens is 384 g/mol. The van der Waals surface area contributed by atoms with Crippen molar-refractivity contribution in [1.29, 1.82) is 5.26 Å². The lowest BCUT2D eigenvalue weighted by molar-refractivity contribution is -0.126. The van der Waals surface area contributed by atoms with E-state index in [0.717, 1.165) is 17.7 Å². The highest BCUT2D eigenvalue weighted by Gasteiger charge is 2.12. The molecule has 2 aromatic carbocycles. The molecule has 0 aliphatic heterocycles. The summed E-state index contributed by atoms with van der Waals surface area (Å²) in [7, 11) is 0. The average Bonchev–Trinajstić information content (AvgIpc) is 3.13. The van der Waals surface area contributed by atoms with Crippen LogP contribution in [0.4, 0.5) is 0 Å². The standard InChI is InChI=1S/C26H24N4O/c1-2-30-24-9-4-3-8-22(24)23-17-20(10-12-25(23)30)11-13-26(31)29(16-6-14-27)19-21-7-5-15-28-18-21/h3-5,7-13,15,17-18H,2,6,16,19H2,1H3. The molecule has 0 atom stereocenters. The van der Waals surface area contributed by atoms with Crippen molar-refractivity contribution in [2.45, 2.75) is 26.4 Å². The SMILES string of the molecule is CCn1c2ccccc2c2cc(C=CC(=O)N(CCC#N)Cc3cccnc3)ccc21. The zero-order chi connectivity index (χ0) is 21.6. The zero-order valence-corrected chi connectivity index (χ0v) is 17.5. The minimum Gasteiger partial charge on any atom is -0.341 e. The van der Waals surface area contributed by atoms with Crippen LogP contribution in [0.3, 0.4) is 0 Å². The fourth-order valence-electron chi connectivity index (χ4n) is 3.95. The number of nitriles is 1. The smallest absolute Gasteiger partial charge is 0.246 e. The van der Waals surface area contributed by atoms with Crippen molar-refractivity contribution < 1.29 is 4.79 Å². The molecule has 5 heteroatoms. The summed E-state index contributed by atoms with van der Waals surface area (Å²) in [6.45, 7) is 3.87. The second-order valence-electron chi connectivity index (χ2n) is 7.40. The molecule has 2 aromatic heterocycles. The van der Waals surface area contributed by atoms with Gasteiger partial charge in [-0.1, -0.05) is 30.3 Å². The van der Waals surface area contributed by atoms with Crippen molar-refractivity contribution in [3.05, 3.63) is 84.2 Å². The third-order valence-corrected chi connectivity index (χ3v) is 5.43. The number of para-hydroxylation sites is 1. The monoisotopic (exact) mass is 408 g/mol. The van der Waals surface area contributed by atoms with Crippen molar-refractivity contribution in [1.82, 2.24) is 14.5 Å². The number of pyridine rings is 1. The summed E-state index contributed by atoms with van der Waals surface area (Å²) >= 11 is 0. The zero-order valence-electron chi connectivity index (χ0n) is 17.5. The third-order valence-electron chi connectivity index (χ3n) is 5.43. The van der Waals surface area contributed by atoms with Gasteiger partial charge in [0.25, 0.3) is 0 Å². The molecule has 0 fully saturated rings. The van der Waals surface area contributed by atoms with Gasteiger partial charge in [-0.05, 0) is 48.4 Å². The Kier molecular flexibility index (Phi) is 6.09. The molecule has 0 saturated carbocycles. The first-order valence-electron chi connectivity index (χ1n) is 10.4. The van der Waals surface area contributed by atoms with Crippen molar-refractivity contribution >= 4 is 33.8 Å². The first-order chi connectivity index (χ1) is 15.2. The molecule has 0 bridgehead atoms. The molecule has 4 rings (SSSR count). The molecule has 0 aliphatic rings. The van der Waals surface area contributed by atoms with E-state index in [4.69, 9.17) is 5.26 Å². The molecule has 0 N–H and O–H groups in total. The maximum absolute atomic E-state index is 12.9. The Morgan fingerprint density at radius 2 is 1.97 bits per heavy atom. The van der Waals surface area contributed by atoms with Crippen LogP contribution in [0, 0.1) is 11.3 Å². The fraction of sp³-hybridized carbons (Fsp3) is 0.192. The van der Waals surface area contributed by atoms with E-state index in [1.54, 1.807) is 23.4 Å². The van der Waals surface area contributed by atoms with Gasteiger partial charge in [0.05, 0.1) is 12.5 Å². The summed E-state index contributed by atoms with van der Waals surface area (Å²) in [4.78, 5) is 18.6. The van der Waals surface area contributed by atoms with E-state index in [2.05, 4.69) is 58.9 Å². The van der Waals surface area contributed by atoms with Gasteiger partial charge in [0.1, 0.15) is 0 Å². The van der Waals surface area contributed by atoms with Crippen LogP contribution >= 0.6 is 0 Å².